The van der Waals surface area contributed by atoms with E-state index in [9.17, 15) is 9.18 Å². The van der Waals surface area contributed by atoms with Crippen molar-refractivity contribution in [3.63, 3.8) is 0 Å². The summed E-state index contributed by atoms with van der Waals surface area (Å²) in [6.07, 6.45) is 5.17. The molecule has 1 unspecified atom stereocenters. The minimum atomic E-state index is -0.286. The van der Waals surface area contributed by atoms with E-state index in [1.807, 2.05) is 30.2 Å². The summed E-state index contributed by atoms with van der Waals surface area (Å²) in [6, 6.07) is 10.0. The Morgan fingerprint density at radius 2 is 2.04 bits per heavy atom. The lowest BCUT2D eigenvalue weighted by atomic mass is 9.98. The molecule has 1 aromatic carbocycles. The highest BCUT2D eigenvalue weighted by Gasteiger charge is 2.29. The summed E-state index contributed by atoms with van der Waals surface area (Å²) >= 11 is 0. The van der Waals surface area contributed by atoms with E-state index >= 15 is 0 Å². The van der Waals surface area contributed by atoms with Gasteiger partial charge in [0.15, 0.2) is 5.65 Å². The van der Waals surface area contributed by atoms with Crippen LogP contribution in [-0.4, -0.2) is 31.9 Å². The van der Waals surface area contributed by atoms with Gasteiger partial charge in [-0.1, -0.05) is 12.1 Å². The maximum atomic E-state index is 13.1. The van der Waals surface area contributed by atoms with Gasteiger partial charge in [0.1, 0.15) is 5.82 Å². The lowest BCUT2D eigenvalue weighted by molar-refractivity contribution is -0.134. The molecule has 3 heterocycles. The first kappa shape index (κ1) is 16.7. The molecular weight excluding hydrogens is 331 g/mol. The van der Waals surface area contributed by atoms with Crippen LogP contribution in [0.1, 0.15) is 42.3 Å². The average molecular weight is 352 g/mol. The number of carbonyl (C=O) groups excluding carboxylic acids is 1. The van der Waals surface area contributed by atoms with Gasteiger partial charge in [-0.2, -0.15) is 5.10 Å². The fourth-order valence-electron chi connectivity index (χ4n) is 3.61. The third kappa shape index (κ3) is 3.31. The van der Waals surface area contributed by atoms with Crippen LogP contribution in [0.2, 0.25) is 0 Å². The predicted octanol–water partition coefficient (Wildman–Crippen LogP) is 3.47. The van der Waals surface area contributed by atoms with E-state index in [2.05, 4.69) is 5.10 Å². The van der Waals surface area contributed by atoms with Gasteiger partial charge in [0.05, 0.1) is 23.9 Å². The summed E-state index contributed by atoms with van der Waals surface area (Å²) < 4.78 is 14.8. The predicted molar refractivity (Wildman–Crippen MR) is 96.1 cm³/mol. The number of carbonyl (C=O) groups is 1. The molecule has 1 aliphatic rings. The fraction of sp³-hybridized carbons (Fsp3) is 0.350. The summed E-state index contributed by atoms with van der Waals surface area (Å²) in [6.45, 7) is 2.67. The van der Waals surface area contributed by atoms with Crippen molar-refractivity contribution < 1.29 is 9.18 Å². The van der Waals surface area contributed by atoms with Crippen molar-refractivity contribution in [3.05, 3.63) is 65.4 Å². The number of rotatable bonds is 3. The molecule has 4 rings (SSSR count). The average Bonchev–Trinajstić information content (AvgIpc) is 3.02. The Morgan fingerprint density at radius 1 is 1.23 bits per heavy atom. The van der Waals surface area contributed by atoms with Crippen LogP contribution < -0.4 is 0 Å². The van der Waals surface area contributed by atoms with Crippen LogP contribution >= 0.6 is 0 Å². The van der Waals surface area contributed by atoms with Crippen LogP contribution in [0.25, 0.3) is 5.65 Å². The lowest BCUT2D eigenvalue weighted by Crippen LogP contribution is -2.39. The molecule has 1 aliphatic heterocycles. The molecule has 26 heavy (non-hydrogen) atoms. The molecule has 1 amide bonds. The van der Waals surface area contributed by atoms with E-state index in [4.69, 9.17) is 4.98 Å². The summed E-state index contributed by atoms with van der Waals surface area (Å²) in [5.41, 5.74) is 3.46. The van der Waals surface area contributed by atoms with Gasteiger partial charge >= 0.3 is 0 Å². The van der Waals surface area contributed by atoms with Gasteiger partial charge in [0, 0.05) is 18.8 Å². The topological polar surface area (TPSA) is 50.5 Å². The number of likely N-dealkylation sites (tertiary alicyclic amines) is 1. The van der Waals surface area contributed by atoms with Crippen LogP contribution in [-0.2, 0) is 11.2 Å². The fourth-order valence-corrected chi connectivity index (χ4v) is 3.61. The van der Waals surface area contributed by atoms with Crippen LogP contribution in [0.15, 0.2) is 42.6 Å². The summed E-state index contributed by atoms with van der Waals surface area (Å²) in [5.74, 6) is -0.224. The third-order valence-corrected chi connectivity index (χ3v) is 4.90. The highest BCUT2D eigenvalue weighted by atomic mass is 19.1. The molecule has 0 bridgehead atoms. The first-order valence-corrected chi connectivity index (χ1v) is 8.97. The number of nitrogens with zero attached hydrogens (tertiary/aromatic N) is 4. The molecule has 0 spiro atoms. The van der Waals surface area contributed by atoms with Crippen LogP contribution in [0, 0.1) is 12.7 Å². The van der Waals surface area contributed by atoms with Crippen molar-refractivity contribution in [2.75, 3.05) is 6.54 Å². The van der Waals surface area contributed by atoms with Crippen LogP contribution in [0.4, 0.5) is 4.39 Å². The first-order chi connectivity index (χ1) is 12.6. The Labute approximate surface area is 151 Å². The molecule has 1 saturated heterocycles. The molecule has 1 atom stereocenters. The van der Waals surface area contributed by atoms with Gasteiger partial charge in [-0.3, -0.25) is 4.79 Å². The second-order valence-electron chi connectivity index (χ2n) is 6.84. The highest BCUT2D eigenvalue weighted by Crippen LogP contribution is 2.30. The van der Waals surface area contributed by atoms with Crippen LogP contribution in [0.3, 0.4) is 0 Å². The van der Waals surface area contributed by atoms with Gasteiger partial charge in [-0.25, -0.2) is 13.9 Å². The van der Waals surface area contributed by atoms with E-state index in [0.717, 1.165) is 48.4 Å². The minimum absolute atomic E-state index is 0.0168. The number of aromatic nitrogens is 3. The quantitative estimate of drug-likeness (QED) is 0.725. The lowest BCUT2D eigenvalue weighted by Gasteiger charge is -2.35. The number of hydrogen-bond acceptors (Lipinski definition) is 3. The second-order valence-corrected chi connectivity index (χ2v) is 6.84. The number of aryl methyl sites for hydroxylation is 1. The number of hydrogen-bond donors (Lipinski definition) is 0. The maximum absolute atomic E-state index is 13.1. The summed E-state index contributed by atoms with van der Waals surface area (Å²) in [7, 11) is 0. The Bertz CT molecular complexity index is 935. The van der Waals surface area contributed by atoms with Gasteiger partial charge in [0.25, 0.3) is 0 Å². The second kappa shape index (κ2) is 6.86. The molecule has 0 N–H and O–H groups in total. The number of fused-ring (bicyclic) bond motifs is 1. The zero-order valence-corrected chi connectivity index (χ0v) is 14.7. The van der Waals surface area contributed by atoms with E-state index in [-0.39, 0.29) is 24.2 Å². The molecule has 3 aromatic rings. The van der Waals surface area contributed by atoms with Crippen molar-refractivity contribution >= 4 is 11.6 Å². The summed E-state index contributed by atoms with van der Waals surface area (Å²) in [4.78, 5) is 19.5. The number of halogens is 1. The van der Waals surface area contributed by atoms with E-state index in [0.29, 0.717) is 0 Å². The van der Waals surface area contributed by atoms with Crippen molar-refractivity contribution in [2.45, 2.75) is 38.6 Å². The van der Waals surface area contributed by atoms with E-state index in [1.54, 1.807) is 16.6 Å². The normalized spacial score (nSPS) is 17.6. The zero-order valence-electron chi connectivity index (χ0n) is 14.7. The molecule has 0 aliphatic carbocycles. The highest BCUT2D eigenvalue weighted by molar-refractivity contribution is 5.79. The Balaban J connectivity index is 1.58. The SMILES string of the molecule is Cc1cc2nc(C3CCCCN3C(=O)Cc3ccc(F)cc3)ccn2n1. The van der Waals surface area contributed by atoms with E-state index < -0.39 is 0 Å². The molecular formula is C20H21FN4O. The number of piperidine rings is 1. The Kier molecular flexibility index (Phi) is 4.41. The van der Waals surface area contributed by atoms with Crippen molar-refractivity contribution in [1.82, 2.24) is 19.5 Å². The molecule has 5 nitrogen and oxygen atoms in total. The van der Waals surface area contributed by atoms with Crippen molar-refractivity contribution in [3.8, 4) is 0 Å². The molecule has 6 heteroatoms. The zero-order chi connectivity index (χ0) is 18.1. The van der Waals surface area contributed by atoms with Gasteiger partial charge in [-0.05, 0) is 49.9 Å². The molecule has 1 fully saturated rings. The third-order valence-electron chi connectivity index (χ3n) is 4.90. The summed E-state index contributed by atoms with van der Waals surface area (Å²) in [5, 5.41) is 4.36. The minimum Gasteiger partial charge on any atom is -0.334 e. The number of benzene rings is 1. The molecule has 0 saturated carbocycles. The van der Waals surface area contributed by atoms with Crippen molar-refractivity contribution in [1.29, 1.82) is 0 Å². The largest absolute Gasteiger partial charge is 0.334 e. The van der Waals surface area contributed by atoms with Gasteiger partial charge < -0.3 is 4.90 Å². The van der Waals surface area contributed by atoms with Gasteiger partial charge in [0.2, 0.25) is 5.91 Å². The first-order valence-electron chi connectivity index (χ1n) is 8.97. The van der Waals surface area contributed by atoms with Gasteiger partial charge in [-0.15, -0.1) is 0 Å². The maximum Gasteiger partial charge on any atom is 0.227 e. The Morgan fingerprint density at radius 3 is 2.85 bits per heavy atom. The standard InChI is InChI=1S/C20H21FN4O/c1-14-12-19-22-17(9-11-25(19)23-14)18-4-2-3-10-24(18)20(26)13-15-5-7-16(21)8-6-15/h5-9,11-12,18H,2-4,10,13H2,1H3. The Hall–Kier alpha value is -2.76. The molecule has 2 aromatic heterocycles. The van der Waals surface area contributed by atoms with Crippen LogP contribution in [0.5, 0.6) is 0 Å². The molecule has 0 radical (unpaired) electrons. The van der Waals surface area contributed by atoms with Crippen molar-refractivity contribution in [2.24, 2.45) is 0 Å². The monoisotopic (exact) mass is 352 g/mol. The smallest absolute Gasteiger partial charge is 0.227 e. The number of amides is 1. The van der Waals surface area contributed by atoms with E-state index in [1.165, 1.54) is 12.1 Å². The molecule has 134 valence electrons.